The molecule has 0 saturated heterocycles. The van der Waals surface area contributed by atoms with Crippen molar-refractivity contribution in [3.05, 3.63) is 17.7 Å². The molecule has 1 aromatic rings. The molecule has 0 saturated carbocycles. The molecule has 1 unspecified atom stereocenters. The summed E-state index contributed by atoms with van der Waals surface area (Å²) in [6, 6.07) is 3.60. The predicted octanol–water partition coefficient (Wildman–Crippen LogP) is 2.50. The van der Waals surface area contributed by atoms with E-state index in [1.807, 2.05) is 26.8 Å². The Morgan fingerprint density at radius 2 is 1.94 bits per heavy atom. The van der Waals surface area contributed by atoms with Crippen LogP contribution in [-0.2, 0) is 20.0 Å². The number of nitrogens with two attached hydrogens (primary N) is 1. The first-order valence-electron chi connectivity index (χ1n) is 5.52. The van der Waals surface area contributed by atoms with Crippen molar-refractivity contribution in [2.75, 3.05) is 23.8 Å². The summed E-state index contributed by atoms with van der Waals surface area (Å²) >= 11 is 0. The largest absolute Gasteiger partial charge is 0.492 e. The van der Waals surface area contributed by atoms with Crippen LogP contribution in [0.5, 0.6) is 5.75 Å². The van der Waals surface area contributed by atoms with E-state index in [1.54, 1.807) is 6.07 Å². The van der Waals surface area contributed by atoms with Gasteiger partial charge >= 0.3 is 10.4 Å². The minimum atomic E-state index is -3.12. The monoisotopic (exact) mass is 273 g/mol. The molecule has 0 bridgehead atoms. The summed E-state index contributed by atoms with van der Waals surface area (Å²) in [7, 11) is -1.65. The maximum absolute atomic E-state index is 11.4. The smallest absolute Gasteiger partial charge is 0.307 e. The molecule has 1 rings (SSSR count). The Kier molecular flexibility index (Phi) is 3.92. The van der Waals surface area contributed by atoms with Crippen LogP contribution in [0.25, 0.3) is 0 Å². The molecule has 0 heterocycles. The first-order valence-corrected chi connectivity index (χ1v) is 7.44. The van der Waals surface area contributed by atoms with Crippen LogP contribution in [0.1, 0.15) is 26.3 Å². The fraction of sp³-hybridized carbons (Fsp3) is 0.500. The van der Waals surface area contributed by atoms with Crippen LogP contribution in [0, 0.1) is 0 Å². The van der Waals surface area contributed by atoms with Gasteiger partial charge in [-0.15, -0.1) is 0 Å². The molecule has 0 fully saturated rings. The molecule has 5 nitrogen and oxygen atoms in total. The summed E-state index contributed by atoms with van der Waals surface area (Å²) < 4.78 is 28.5. The van der Waals surface area contributed by atoms with Crippen molar-refractivity contribution < 1.29 is 13.5 Å². The molecule has 0 aliphatic heterocycles. The van der Waals surface area contributed by atoms with E-state index in [9.17, 15) is 8.76 Å². The van der Waals surface area contributed by atoms with Gasteiger partial charge in [-0.05, 0) is 27.3 Å². The predicted molar refractivity (Wildman–Crippen MR) is 76.3 cm³/mol. The van der Waals surface area contributed by atoms with Crippen LogP contribution >= 0.6 is 0 Å². The Hall–Kier alpha value is -1.27. The van der Waals surface area contributed by atoms with Crippen molar-refractivity contribution >= 4 is 21.8 Å². The van der Waals surface area contributed by atoms with E-state index in [-0.39, 0.29) is 5.41 Å². The maximum atomic E-state index is 11.4. The van der Waals surface area contributed by atoms with Crippen molar-refractivity contribution in [1.82, 2.24) is 0 Å². The SMILES string of the molecule is COc1c(N)cc(C(C)(C)C)cc1N[S+](C)(=O)O. The molecule has 102 valence electrons. The molecule has 0 amide bonds. The summed E-state index contributed by atoms with van der Waals surface area (Å²) in [6.45, 7) is 6.13. The third-order valence-electron chi connectivity index (χ3n) is 2.49. The number of nitrogen functional groups attached to an aromatic ring is 1. The number of methoxy groups -OCH3 is 1. The molecule has 0 spiro atoms. The Morgan fingerprint density at radius 1 is 1.39 bits per heavy atom. The molecule has 0 aromatic heterocycles. The molecule has 4 N–H and O–H groups in total. The van der Waals surface area contributed by atoms with Gasteiger partial charge in [0.15, 0.2) is 12.0 Å². The number of ether oxygens (including phenoxy) is 1. The first-order chi connectivity index (χ1) is 8.04. The molecule has 1 atom stereocenters. The Labute approximate surface area is 109 Å². The van der Waals surface area contributed by atoms with Gasteiger partial charge in [0.05, 0.1) is 12.8 Å². The van der Waals surface area contributed by atoms with Crippen molar-refractivity contribution in [1.29, 1.82) is 0 Å². The zero-order valence-corrected chi connectivity index (χ0v) is 12.2. The third kappa shape index (κ3) is 3.61. The minimum Gasteiger partial charge on any atom is -0.492 e. The van der Waals surface area contributed by atoms with E-state index < -0.39 is 10.4 Å². The standard InChI is InChI=1S/C12H20N2O3S/c1-12(2,3)8-6-9(13)11(17-4)10(7-8)14-18(5,15)16/h6-7H,13H2,1-5H3,(H-,14,15,16)/p+1. The van der Waals surface area contributed by atoms with Gasteiger partial charge in [0.1, 0.15) is 5.69 Å². The van der Waals surface area contributed by atoms with Crippen LogP contribution < -0.4 is 15.2 Å². The minimum absolute atomic E-state index is 0.110. The van der Waals surface area contributed by atoms with Crippen molar-refractivity contribution in [3.63, 3.8) is 0 Å². The molecular formula is C12H21N2O3S+. The second-order valence-electron chi connectivity index (χ2n) is 5.30. The number of hydrogen-bond donors (Lipinski definition) is 3. The van der Waals surface area contributed by atoms with Crippen LogP contribution in [-0.4, -0.2) is 17.9 Å². The Morgan fingerprint density at radius 3 is 2.33 bits per heavy atom. The average Bonchev–Trinajstić information content (AvgIpc) is 2.13. The lowest BCUT2D eigenvalue weighted by Gasteiger charge is -2.22. The fourth-order valence-corrected chi connectivity index (χ4v) is 2.15. The number of nitrogens with one attached hydrogen (secondary N) is 1. The second-order valence-corrected chi connectivity index (χ2v) is 7.11. The zero-order chi connectivity index (χ0) is 14.1. The lowest BCUT2D eigenvalue weighted by molar-refractivity contribution is 0.418. The van der Waals surface area contributed by atoms with E-state index >= 15 is 0 Å². The molecular weight excluding hydrogens is 252 g/mol. The lowest BCUT2D eigenvalue weighted by Crippen LogP contribution is -2.20. The van der Waals surface area contributed by atoms with E-state index in [2.05, 4.69) is 4.72 Å². The van der Waals surface area contributed by atoms with E-state index in [1.165, 1.54) is 13.4 Å². The van der Waals surface area contributed by atoms with Gasteiger partial charge in [-0.3, -0.25) is 0 Å². The summed E-state index contributed by atoms with van der Waals surface area (Å²) in [5, 5.41) is 0. The van der Waals surface area contributed by atoms with Gasteiger partial charge in [-0.25, -0.2) is 0 Å². The highest BCUT2D eigenvalue weighted by Gasteiger charge is 2.23. The average molecular weight is 273 g/mol. The van der Waals surface area contributed by atoms with E-state index in [0.29, 0.717) is 17.1 Å². The molecule has 0 aliphatic rings. The summed E-state index contributed by atoms with van der Waals surface area (Å²) in [6.07, 6.45) is 1.20. The maximum Gasteiger partial charge on any atom is 0.307 e. The Bertz CT molecular complexity index is 489. The summed E-state index contributed by atoms with van der Waals surface area (Å²) in [4.78, 5) is 0. The van der Waals surface area contributed by atoms with Crippen LogP contribution in [0.4, 0.5) is 11.4 Å². The number of hydrogen-bond acceptors (Lipinski definition) is 3. The van der Waals surface area contributed by atoms with Crippen molar-refractivity contribution in [3.8, 4) is 5.75 Å². The molecule has 0 aliphatic carbocycles. The van der Waals surface area contributed by atoms with Gasteiger partial charge < -0.3 is 10.5 Å². The molecule has 1 aromatic carbocycles. The normalized spacial score (nSPS) is 15.0. The first kappa shape index (κ1) is 14.8. The zero-order valence-electron chi connectivity index (χ0n) is 11.4. The van der Waals surface area contributed by atoms with Crippen LogP contribution in [0.15, 0.2) is 12.1 Å². The van der Waals surface area contributed by atoms with Gasteiger partial charge in [-0.2, -0.15) is 9.27 Å². The second kappa shape index (κ2) is 4.78. The summed E-state index contributed by atoms with van der Waals surface area (Å²) in [5.41, 5.74) is 7.63. The number of benzene rings is 1. The number of rotatable bonds is 3. The van der Waals surface area contributed by atoms with Crippen LogP contribution in [0.3, 0.4) is 0 Å². The topological polar surface area (TPSA) is 84.6 Å². The van der Waals surface area contributed by atoms with Crippen molar-refractivity contribution in [2.45, 2.75) is 26.2 Å². The van der Waals surface area contributed by atoms with Crippen LogP contribution in [0.2, 0.25) is 0 Å². The quantitative estimate of drug-likeness (QED) is 0.583. The fourth-order valence-electron chi connectivity index (χ4n) is 1.59. The Balaban J connectivity index is 3.37. The molecule has 18 heavy (non-hydrogen) atoms. The highest BCUT2D eigenvalue weighted by Crippen LogP contribution is 2.37. The van der Waals surface area contributed by atoms with E-state index in [0.717, 1.165) is 5.56 Å². The van der Waals surface area contributed by atoms with Gasteiger partial charge in [0.25, 0.3) is 0 Å². The summed E-state index contributed by atoms with van der Waals surface area (Å²) in [5.74, 6) is 0.381. The highest BCUT2D eigenvalue weighted by molar-refractivity contribution is 7.98. The highest BCUT2D eigenvalue weighted by atomic mass is 32.3. The van der Waals surface area contributed by atoms with Crippen molar-refractivity contribution in [2.24, 2.45) is 0 Å². The van der Waals surface area contributed by atoms with Gasteiger partial charge in [0, 0.05) is 0 Å². The molecule has 0 radical (unpaired) electrons. The molecule has 6 heteroatoms. The van der Waals surface area contributed by atoms with E-state index in [4.69, 9.17) is 10.5 Å². The third-order valence-corrected chi connectivity index (χ3v) is 3.09. The number of anilines is 2. The lowest BCUT2D eigenvalue weighted by atomic mass is 9.86. The van der Waals surface area contributed by atoms with Gasteiger partial charge in [0.2, 0.25) is 0 Å². The van der Waals surface area contributed by atoms with Gasteiger partial charge in [-0.1, -0.05) is 20.8 Å².